The highest BCUT2D eigenvalue weighted by molar-refractivity contribution is 8.18. The van der Waals surface area contributed by atoms with Crippen molar-refractivity contribution in [1.29, 1.82) is 0 Å². The molecule has 29 heavy (non-hydrogen) atoms. The molecule has 1 fully saturated rings. The summed E-state index contributed by atoms with van der Waals surface area (Å²) >= 11 is 7.38. The minimum absolute atomic E-state index is 0.0930. The number of pyridine rings is 1. The Morgan fingerprint density at radius 2 is 2.03 bits per heavy atom. The second kappa shape index (κ2) is 8.27. The van der Waals surface area contributed by atoms with E-state index in [2.05, 4.69) is 9.98 Å². The van der Waals surface area contributed by atoms with Crippen molar-refractivity contribution in [3.05, 3.63) is 76.0 Å². The van der Waals surface area contributed by atoms with E-state index in [1.165, 1.54) is 11.8 Å². The molecule has 5 nitrogen and oxygen atoms in total. The maximum absolute atomic E-state index is 12.8. The SMILES string of the molecule is CCN1C(=O)/C(=C\c2ccc(-c3cccc(Cl)c3)o2)S/C1=N/c1cccc(C)n1. The van der Waals surface area contributed by atoms with Gasteiger partial charge in [0.2, 0.25) is 0 Å². The van der Waals surface area contributed by atoms with Crippen molar-refractivity contribution in [2.75, 3.05) is 6.54 Å². The molecule has 1 aliphatic rings. The van der Waals surface area contributed by atoms with Gasteiger partial charge in [-0.2, -0.15) is 0 Å². The highest BCUT2D eigenvalue weighted by Gasteiger charge is 2.32. The van der Waals surface area contributed by atoms with Crippen molar-refractivity contribution < 1.29 is 9.21 Å². The molecule has 2 aromatic heterocycles. The summed E-state index contributed by atoms with van der Waals surface area (Å²) in [7, 11) is 0. The molecule has 0 aliphatic carbocycles. The van der Waals surface area contributed by atoms with E-state index < -0.39 is 0 Å². The van der Waals surface area contributed by atoms with Crippen molar-refractivity contribution in [3.8, 4) is 11.3 Å². The molecular formula is C22H18ClN3O2S. The lowest BCUT2D eigenvalue weighted by molar-refractivity contribution is -0.122. The third kappa shape index (κ3) is 4.28. The maximum Gasteiger partial charge on any atom is 0.266 e. The van der Waals surface area contributed by atoms with E-state index in [-0.39, 0.29) is 5.91 Å². The number of aryl methyl sites for hydroxylation is 1. The Balaban J connectivity index is 1.62. The van der Waals surface area contributed by atoms with Gasteiger partial charge in [-0.25, -0.2) is 9.98 Å². The zero-order valence-corrected chi connectivity index (χ0v) is 17.5. The zero-order chi connectivity index (χ0) is 20.4. The summed E-state index contributed by atoms with van der Waals surface area (Å²) in [6.07, 6.45) is 1.75. The number of halogens is 1. The van der Waals surface area contributed by atoms with Crippen LogP contribution in [0.15, 0.2) is 68.9 Å². The van der Waals surface area contributed by atoms with Crippen LogP contribution in [-0.4, -0.2) is 27.5 Å². The topological polar surface area (TPSA) is 58.7 Å². The molecule has 1 amide bonds. The van der Waals surface area contributed by atoms with Crippen LogP contribution in [0.25, 0.3) is 17.4 Å². The molecule has 1 saturated heterocycles. The molecule has 0 atom stereocenters. The number of nitrogens with zero attached hydrogens (tertiary/aromatic N) is 3. The normalized spacial score (nSPS) is 16.9. The number of amides is 1. The highest BCUT2D eigenvalue weighted by Crippen LogP contribution is 2.34. The predicted octanol–water partition coefficient (Wildman–Crippen LogP) is 5.93. The van der Waals surface area contributed by atoms with E-state index in [9.17, 15) is 4.79 Å². The van der Waals surface area contributed by atoms with Gasteiger partial charge in [0.25, 0.3) is 5.91 Å². The standard InChI is InChI=1S/C22H18ClN3O2S/c1-3-26-21(27)19(29-22(26)25-20-9-4-6-14(2)24-20)13-17-10-11-18(28-17)15-7-5-8-16(23)12-15/h4-13H,3H2,1-2H3/b19-13+,25-22+. The third-order valence-electron chi connectivity index (χ3n) is 4.30. The summed E-state index contributed by atoms with van der Waals surface area (Å²) in [5.74, 6) is 1.78. The summed E-state index contributed by atoms with van der Waals surface area (Å²) in [6, 6.07) is 16.8. The molecule has 7 heteroatoms. The Morgan fingerprint density at radius 1 is 1.21 bits per heavy atom. The van der Waals surface area contributed by atoms with Gasteiger partial charge in [-0.3, -0.25) is 9.69 Å². The Kier molecular flexibility index (Phi) is 5.56. The Bertz CT molecular complexity index is 1140. The molecule has 3 heterocycles. The number of amidine groups is 1. The van der Waals surface area contributed by atoms with Crippen molar-refractivity contribution in [3.63, 3.8) is 0 Å². The van der Waals surface area contributed by atoms with Gasteiger partial charge in [0, 0.05) is 28.9 Å². The average molecular weight is 424 g/mol. The number of aromatic nitrogens is 1. The Labute approximate surface area is 178 Å². The van der Waals surface area contributed by atoms with Crippen LogP contribution in [0.1, 0.15) is 18.4 Å². The van der Waals surface area contributed by atoms with Crippen LogP contribution in [0, 0.1) is 6.92 Å². The van der Waals surface area contributed by atoms with Gasteiger partial charge < -0.3 is 4.42 Å². The monoisotopic (exact) mass is 423 g/mol. The first kappa shape index (κ1) is 19.5. The fraction of sp³-hybridized carbons (Fsp3) is 0.136. The minimum atomic E-state index is -0.0930. The number of likely N-dealkylation sites (N-methyl/N-ethyl adjacent to an activating group) is 1. The van der Waals surface area contributed by atoms with Crippen molar-refractivity contribution in [2.45, 2.75) is 13.8 Å². The van der Waals surface area contributed by atoms with Crippen molar-refractivity contribution in [1.82, 2.24) is 9.88 Å². The number of rotatable bonds is 4. The van der Waals surface area contributed by atoms with Crippen LogP contribution in [0.4, 0.5) is 5.82 Å². The number of carbonyl (C=O) groups excluding carboxylic acids is 1. The largest absolute Gasteiger partial charge is 0.457 e. The third-order valence-corrected chi connectivity index (χ3v) is 5.54. The first-order valence-electron chi connectivity index (χ1n) is 9.13. The number of hydrogen-bond acceptors (Lipinski definition) is 5. The highest BCUT2D eigenvalue weighted by atomic mass is 35.5. The molecule has 146 valence electrons. The van der Waals surface area contributed by atoms with E-state index in [4.69, 9.17) is 16.0 Å². The van der Waals surface area contributed by atoms with Gasteiger partial charge in [0.05, 0.1) is 4.91 Å². The van der Waals surface area contributed by atoms with E-state index >= 15 is 0 Å². The van der Waals surface area contributed by atoms with Gasteiger partial charge in [-0.15, -0.1) is 0 Å². The zero-order valence-electron chi connectivity index (χ0n) is 15.9. The number of furan rings is 1. The molecule has 0 saturated carbocycles. The predicted molar refractivity (Wildman–Crippen MR) is 118 cm³/mol. The minimum Gasteiger partial charge on any atom is -0.457 e. The molecule has 0 spiro atoms. The summed E-state index contributed by atoms with van der Waals surface area (Å²) in [5, 5.41) is 1.26. The lowest BCUT2D eigenvalue weighted by Crippen LogP contribution is -2.28. The van der Waals surface area contributed by atoms with Gasteiger partial charge >= 0.3 is 0 Å². The molecule has 0 unspecified atom stereocenters. The average Bonchev–Trinajstić information content (AvgIpc) is 3.27. The van der Waals surface area contributed by atoms with Gasteiger partial charge in [0.15, 0.2) is 11.0 Å². The van der Waals surface area contributed by atoms with Crippen LogP contribution in [0.2, 0.25) is 5.02 Å². The fourth-order valence-corrected chi connectivity index (χ4v) is 4.14. The van der Waals surface area contributed by atoms with Crippen LogP contribution < -0.4 is 0 Å². The van der Waals surface area contributed by atoms with E-state index in [0.717, 1.165) is 11.3 Å². The Morgan fingerprint density at radius 3 is 2.79 bits per heavy atom. The first-order valence-corrected chi connectivity index (χ1v) is 10.3. The molecule has 0 bridgehead atoms. The van der Waals surface area contributed by atoms with E-state index in [0.29, 0.717) is 39.0 Å². The molecule has 1 aromatic carbocycles. The van der Waals surface area contributed by atoms with Crippen LogP contribution in [0.3, 0.4) is 0 Å². The van der Waals surface area contributed by atoms with Crippen molar-refractivity contribution >= 4 is 46.3 Å². The van der Waals surface area contributed by atoms with E-state index in [1.54, 1.807) is 11.0 Å². The smallest absolute Gasteiger partial charge is 0.266 e. The summed E-state index contributed by atoms with van der Waals surface area (Å²) < 4.78 is 5.90. The molecule has 0 radical (unpaired) electrons. The number of aliphatic imine (C=N–C) groups is 1. The molecule has 4 rings (SSSR count). The fourth-order valence-electron chi connectivity index (χ4n) is 2.92. The first-order chi connectivity index (χ1) is 14.0. The Hall–Kier alpha value is -2.83. The van der Waals surface area contributed by atoms with Crippen molar-refractivity contribution in [2.24, 2.45) is 4.99 Å². The summed E-state index contributed by atoms with van der Waals surface area (Å²) in [4.78, 5) is 24.0. The maximum atomic E-state index is 12.8. The number of thioether (sulfide) groups is 1. The lowest BCUT2D eigenvalue weighted by atomic mass is 10.2. The number of carbonyl (C=O) groups is 1. The van der Waals surface area contributed by atoms with Gasteiger partial charge in [-0.1, -0.05) is 29.8 Å². The second-order valence-corrected chi connectivity index (χ2v) is 7.85. The molecule has 1 aliphatic heterocycles. The van der Waals surface area contributed by atoms with Crippen LogP contribution >= 0.6 is 23.4 Å². The molecule has 3 aromatic rings. The van der Waals surface area contributed by atoms with Crippen LogP contribution in [0.5, 0.6) is 0 Å². The molecule has 0 N–H and O–H groups in total. The second-order valence-electron chi connectivity index (χ2n) is 6.40. The van der Waals surface area contributed by atoms with Gasteiger partial charge in [-0.05, 0) is 62.0 Å². The summed E-state index contributed by atoms with van der Waals surface area (Å²) in [5.41, 5.74) is 1.76. The van der Waals surface area contributed by atoms with Crippen LogP contribution in [-0.2, 0) is 4.79 Å². The van der Waals surface area contributed by atoms with E-state index in [1.807, 2.05) is 68.4 Å². The molecular weight excluding hydrogens is 406 g/mol. The number of benzene rings is 1. The summed E-state index contributed by atoms with van der Waals surface area (Å²) in [6.45, 7) is 4.36. The number of hydrogen-bond donors (Lipinski definition) is 0. The van der Waals surface area contributed by atoms with Gasteiger partial charge in [0.1, 0.15) is 11.5 Å². The quantitative estimate of drug-likeness (QED) is 0.488. The lowest BCUT2D eigenvalue weighted by Gasteiger charge is -2.11.